The summed E-state index contributed by atoms with van der Waals surface area (Å²) in [7, 11) is 1.73. The Balaban J connectivity index is 1.79. The molecular weight excluding hydrogens is 374 g/mol. The largest absolute Gasteiger partial charge is 0.342 e. The van der Waals surface area contributed by atoms with Crippen LogP contribution in [0.5, 0.6) is 0 Å². The van der Waals surface area contributed by atoms with Crippen molar-refractivity contribution in [3.8, 4) is 6.07 Å². The van der Waals surface area contributed by atoms with Crippen LogP contribution >= 0.6 is 0 Å². The summed E-state index contributed by atoms with van der Waals surface area (Å²) >= 11 is 0. The average molecular weight is 402 g/mol. The molecule has 0 bridgehead atoms. The molecule has 1 N–H and O–H groups in total. The number of benzene rings is 2. The van der Waals surface area contributed by atoms with Gasteiger partial charge in [-0.3, -0.25) is 9.59 Å². The van der Waals surface area contributed by atoms with Crippen molar-refractivity contribution in [2.24, 2.45) is 5.92 Å². The number of nitriles is 1. The number of amides is 2. The molecular formula is C25H27N3O2. The maximum absolute atomic E-state index is 13.2. The maximum Gasteiger partial charge on any atom is 0.246 e. The zero-order chi connectivity index (χ0) is 21.7. The Bertz CT molecular complexity index is 993. The summed E-state index contributed by atoms with van der Waals surface area (Å²) in [6, 6.07) is 18.6. The third-order valence-electron chi connectivity index (χ3n) is 6.01. The second-order valence-electron chi connectivity index (χ2n) is 7.85. The van der Waals surface area contributed by atoms with Crippen molar-refractivity contribution in [2.45, 2.75) is 38.3 Å². The van der Waals surface area contributed by atoms with Crippen LogP contribution in [0.25, 0.3) is 6.08 Å². The molecule has 2 aromatic carbocycles. The molecule has 5 heteroatoms. The number of carbonyl (C=O) groups excluding carboxylic acids is 2. The van der Waals surface area contributed by atoms with Gasteiger partial charge in [0.05, 0.1) is 11.6 Å². The molecule has 3 rings (SSSR count). The molecule has 1 fully saturated rings. The smallest absolute Gasteiger partial charge is 0.246 e. The minimum atomic E-state index is -0.889. The van der Waals surface area contributed by atoms with Crippen molar-refractivity contribution in [2.75, 3.05) is 7.05 Å². The lowest BCUT2D eigenvalue weighted by atomic mass is 9.81. The first kappa shape index (κ1) is 21.3. The van der Waals surface area contributed by atoms with Gasteiger partial charge in [-0.25, -0.2) is 0 Å². The lowest BCUT2D eigenvalue weighted by Gasteiger charge is -2.47. The molecule has 0 saturated carbocycles. The molecule has 154 valence electrons. The number of hydrogen-bond acceptors (Lipinski definition) is 3. The number of nitrogens with one attached hydrogen (secondary N) is 1. The molecule has 0 spiro atoms. The van der Waals surface area contributed by atoms with E-state index in [4.69, 9.17) is 5.26 Å². The van der Waals surface area contributed by atoms with Crippen LogP contribution in [0.2, 0.25) is 0 Å². The zero-order valence-electron chi connectivity index (χ0n) is 17.6. The van der Waals surface area contributed by atoms with Crippen molar-refractivity contribution >= 4 is 17.9 Å². The van der Waals surface area contributed by atoms with Crippen LogP contribution < -0.4 is 5.32 Å². The first-order chi connectivity index (χ1) is 14.4. The normalized spacial score (nSPS) is 22.6. The molecule has 5 nitrogen and oxygen atoms in total. The lowest BCUT2D eigenvalue weighted by Crippen LogP contribution is -2.71. The quantitative estimate of drug-likeness (QED) is 0.804. The van der Waals surface area contributed by atoms with Gasteiger partial charge in [-0.1, -0.05) is 68.5 Å². The van der Waals surface area contributed by atoms with E-state index >= 15 is 0 Å². The molecule has 1 aliphatic rings. The van der Waals surface area contributed by atoms with E-state index in [1.54, 1.807) is 24.1 Å². The van der Waals surface area contributed by atoms with Gasteiger partial charge in [-0.15, -0.1) is 0 Å². The van der Waals surface area contributed by atoms with Crippen LogP contribution in [0.4, 0.5) is 0 Å². The standard InChI is InChI=1S/C25H27N3O2/c1-4-25(16-20-9-6-5-7-10-20)24(30)27-22(23(29)28(25)3)18(2)13-14-19-11-8-12-21(15-19)17-26/h5-15,18,22H,4,16H2,1-3H3,(H,27,30). The predicted octanol–water partition coefficient (Wildman–Crippen LogP) is 3.56. The fourth-order valence-corrected chi connectivity index (χ4v) is 4.01. The number of nitrogens with zero attached hydrogens (tertiary/aromatic N) is 2. The summed E-state index contributed by atoms with van der Waals surface area (Å²) in [6.45, 7) is 3.86. The maximum atomic E-state index is 13.2. The molecule has 2 aromatic rings. The number of likely N-dealkylation sites (N-methyl/N-ethyl adjacent to an activating group) is 1. The van der Waals surface area contributed by atoms with Gasteiger partial charge in [0.1, 0.15) is 11.6 Å². The monoisotopic (exact) mass is 401 g/mol. The average Bonchev–Trinajstić information content (AvgIpc) is 2.78. The second-order valence-corrected chi connectivity index (χ2v) is 7.85. The van der Waals surface area contributed by atoms with E-state index in [2.05, 4.69) is 11.4 Å². The summed E-state index contributed by atoms with van der Waals surface area (Å²) in [4.78, 5) is 28.1. The summed E-state index contributed by atoms with van der Waals surface area (Å²) in [5.41, 5.74) is 1.61. The molecule has 1 saturated heterocycles. The van der Waals surface area contributed by atoms with Crippen LogP contribution in [0.15, 0.2) is 60.7 Å². The highest BCUT2D eigenvalue weighted by atomic mass is 16.2. The van der Waals surface area contributed by atoms with Crippen molar-refractivity contribution < 1.29 is 9.59 Å². The highest BCUT2D eigenvalue weighted by molar-refractivity contribution is 6.00. The van der Waals surface area contributed by atoms with Crippen LogP contribution in [0, 0.1) is 17.2 Å². The van der Waals surface area contributed by atoms with Gasteiger partial charge < -0.3 is 10.2 Å². The third kappa shape index (κ3) is 4.13. The van der Waals surface area contributed by atoms with E-state index in [1.165, 1.54) is 0 Å². The highest BCUT2D eigenvalue weighted by Crippen LogP contribution is 2.30. The van der Waals surface area contributed by atoms with E-state index in [1.807, 2.05) is 68.5 Å². The summed E-state index contributed by atoms with van der Waals surface area (Å²) in [6.07, 6.45) is 4.81. The Kier molecular flexibility index (Phi) is 6.37. The van der Waals surface area contributed by atoms with E-state index < -0.39 is 11.6 Å². The molecule has 0 radical (unpaired) electrons. The van der Waals surface area contributed by atoms with Crippen molar-refractivity contribution in [3.63, 3.8) is 0 Å². The highest BCUT2D eigenvalue weighted by Gasteiger charge is 2.50. The van der Waals surface area contributed by atoms with Gasteiger partial charge in [-0.2, -0.15) is 5.26 Å². The van der Waals surface area contributed by atoms with E-state index in [0.717, 1.165) is 11.1 Å². The van der Waals surface area contributed by atoms with Gasteiger partial charge in [-0.05, 0) is 29.7 Å². The fourth-order valence-electron chi connectivity index (χ4n) is 4.01. The Morgan fingerprint density at radius 1 is 1.20 bits per heavy atom. The minimum absolute atomic E-state index is 0.0877. The summed E-state index contributed by atoms with van der Waals surface area (Å²) in [5, 5.41) is 12.0. The van der Waals surface area contributed by atoms with Crippen LogP contribution in [0.3, 0.4) is 0 Å². The van der Waals surface area contributed by atoms with Crippen LogP contribution in [-0.2, 0) is 16.0 Å². The van der Waals surface area contributed by atoms with Crippen LogP contribution in [-0.4, -0.2) is 35.3 Å². The number of piperazine rings is 1. The van der Waals surface area contributed by atoms with E-state index in [-0.39, 0.29) is 17.7 Å². The summed E-state index contributed by atoms with van der Waals surface area (Å²) in [5.74, 6) is -0.399. The molecule has 1 heterocycles. The van der Waals surface area contributed by atoms with Crippen LogP contribution in [0.1, 0.15) is 37.0 Å². The number of hydrogen-bond donors (Lipinski definition) is 1. The topological polar surface area (TPSA) is 73.2 Å². The molecule has 3 unspecified atom stereocenters. The lowest BCUT2D eigenvalue weighted by molar-refractivity contribution is -0.156. The Morgan fingerprint density at radius 3 is 2.60 bits per heavy atom. The SMILES string of the molecule is CCC1(Cc2ccccc2)C(=O)NC(C(C)C=Cc2cccc(C#N)c2)C(=O)N1C. The van der Waals surface area contributed by atoms with Gasteiger partial charge >= 0.3 is 0 Å². The number of rotatable bonds is 6. The van der Waals surface area contributed by atoms with E-state index in [9.17, 15) is 9.59 Å². The van der Waals surface area contributed by atoms with Crippen molar-refractivity contribution in [1.29, 1.82) is 5.26 Å². The molecule has 3 atom stereocenters. The zero-order valence-corrected chi connectivity index (χ0v) is 17.6. The first-order valence-corrected chi connectivity index (χ1v) is 10.2. The second kappa shape index (κ2) is 8.96. The Hall–Kier alpha value is -3.39. The van der Waals surface area contributed by atoms with Crippen molar-refractivity contribution in [3.05, 3.63) is 77.4 Å². The van der Waals surface area contributed by atoms with Gasteiger partial charge in [0.15, 0.2) is 0 Å². The molecule has 1 aliphatic heterocycles. The van der Waals surface area contributed by atoms with E-state index in [0.29, 0.717) is 18.4 Å². The predicted molar refractivity (Wildman–Crippen MR) is 117 cm³/mol. The fraction of sp³-hybridized carbons (Fsp3) is 0.320. The number of carbonyl (C=O) groups is 2. The minimum Gasteiger partial charge on any atom is -0.342 e. The first-order valence-electron chi connectivity index (χ1n) is 10.2. The molecule has 0 aromatic heterocycles. The summed E-state index contributed by atoms with van der Waals surface area (Å²) < 4.78 is 0. The third-order valence-corrected chi connectivity index (χ3v) is 6.01. The van der Waals surface area contributed by atoms with Gasteiger partial charge in [0.25, 0.3) is 0 Å². The molecule has 2 amide bonds. The molecule has 30 heavy (non-hydrogen) atoms. The van der Waals surface area contributed by atoms with Gasteiger partial charge in [0.2, 0.25) is 11.8 Å². The Labute approximate surface area is 178 Å². The molecule has 0 aliphatic carbocycles. The van der Waals surface area contributed by atoms with Crippen molar-refractivity contribution in [1.82, 2.24) is 10.2 Å². The Morgan fingerprint density at radius 2 is 1.93 bits per heavy atom. The van der Waals surface area contributed by atoms with Gasteiger partial charge in [0, 0.05) is 19.4 Å².